The molecule has 1 fully saturated rings. The van der Waals surface area contributed by atoms with Crippen molar-refractivity contribution in [3.05, 3.63) is 48.5 Å². The van der Waals surface area contributed by atoms with E-state index in [1.807, 2.05) is 0 Å². The Labute approximate surface area is 174 Å². The molecule has 1 saturated heterocycles. The van der Waals surface area contributed by atoms with Crippen LogP contribution in [-0.4, -0.2) is 73.1 Å². The molecule has 3 aromatic rings. The normalized spacial score (nSPS) is 14.5. The summed E-state index contributed by atoms with van der Waals surface area (Å²) in [5, 5.41) is 0.107. The van der Waals surface area contributed by atoms with E-state index in [1.165, 1.54) is 23.2 Å². The van der Waals surface area contributed by atoms with Gasteiger partial charge < -0.3 is 14.4 Å². The van der Waals surface area contributed by atoms with Crippen molar-refractivity contribution in [3.8, 4) is 0 Å². The summed E-state index contributed by atoms with van der Waals surface area (Å²) >= 11 is 0.323. The van der Waals surface area contributed by atoms with E-state index in [1.54, 1.807) is 34.1 Å². The number of amides is 2. The van der Waals surface area contributed by atoms with Crippen LogP contribution in [0, 0.1) is 0 Å². The van der Waals surface area contributed by atoms with Gasteiger partial charge in [0.05, 0.1) is 17.2 Å². The molecular formula is C19H18F2N6O2S. The van der Waals surface area contributed by atoms with Crippen LogP contribution >= 0.6 is 11.8 Å². The van der Waals surface area contributed by atoms with Crippen LogP contribution < -0.4 is 0 Å². The molecule has 0 radical (unpaired) electrons. The number of carbonyl (C=O) groups is 2. The predicted octanol–water partition coefficient (Wildman–Crippen LogP) is 2.13. The standard InChI is InChI=1S/C19H18F2N6O2S/c20-18(21)30-19-24-13-3-1-2-4-15(13)27(19)12-16(28)25-7-9-26(10-8-25)17(29)14-11-22-5-6-23-14/h1-6,11,18H,7-10,12H2. The lowest BCUT2D eigenvalue weighted by molar-refractivity contribution is -0.133. The summed E-state index contributed by atoms with van der Waals surface area (Å²) in [7, 11) is 0. The number of rotatable bonds is 5. The Morgan fingerprint density at radius 1 is 1.07 bits per heavy atom. The second-order valence-corrected chi connectivity index (χ2v) is 7.57. The molecule has 0 aliphatic carbocycles. The van der Waals surface area contributed by atoms with Crippen LogP contribution in [0.15, 0.2) is 48.0 Å². The summed E-state index contributed by atoms with van der Waals surface area (Å²) in [4.78, 5) is 40.7. The third kappa shape index (κ3) is 4.25. The maximum absolute atomic E-state index is 12.9. The summed E-state index contributed by atoms with van der Waals surface area (Å²) in [5.41, 5.74) is 1.45. The van der Waals surface area contributed by atoms with Crippen molar-refractivity contribution in [2.45, 2.75) is 17.5 Å². The zero-order chi connectivity index (χ0) is 21.1. The highest BCUT2D eigenvalue weighted by molar-refractivity contribution is 7.99. The van der Waals surface area contributed by atoms with Crippen LogP contribution in [-0.2, 0) is 11.3 Å². The fourth-order valence-electron chi connectivity index (χ4n) is 3.34. The first-order valence-electron chi connectivity index (χ1n) is 9.26. The van der Waals surface area contributed by atoms with E-state index in [0.29, 0.717) is 49.0 Å². The SMILES string of the molecule is O=C(Cn1c(SC(F)F)nc2ccccc21)N1CCN(C(=O)c2cnccn2)CC1. The Morgan fingerprint density at radius 3 is 2.50 bits per heavy atom. The molecule has 2 amide bonds. The van der Waals surface area contributed by atoms with Gasteiger partial charge in [0.1, 0.15) is 12.2 Å². The second kappa shape index (κ2) is 8.74. The van der Waals surface area contributed by atoms with Gasteiger partial charge in [0.15, 0.2) is 5.16 Å². The Hall–Kier alpha value is -3.08. The average molecular weight is 432 g/mol. The quantitative estimate of drug-likeness (QED) is 0.575. The van der Waals surface area contributed by atoms with Crippen molar-refractivity contribution in [2.24, 2.45) is 0 Å². The van der Waals surface area contributed by atoms with E-state index < -0.39 is 5.76 Å². The van der Waals surface area contributed by atoms with Gasteiger partial charge in [0, 0.05) is 38.6 Å². The Morgan fingerprint density at radius 2 is 1.80 bits per heavy atom. The second-order valence-electron chi connectivity index (χ2n) is 6.61. The van der Waals surface area contributed by atoms with Gasteiger partial charge in [-0.15, -0.1) is 0 Å². The number of benzene rings is 1. The van der Waals surface area contributed by atoms with Crippen LogP contribution in [0.5, 0.6) is 0 Å². The van der Waals surface area contributed by atoms with Crippen molar-refractivity contribution in [2.75, 3.05) is 26.2 Å². The summed E-state index contributed by atoms with van der Waals surface area (Å²) in [6.45, 7) is 1.35. The average Bonchev–Trinajstić information content (AvgIpc) is 3.10. The number of imidazole rings is 1. The summed E-state index contributed by atoms with van der Waals surface area (Å²) in [6, 6.07) is 7.02. The van der Waals surface area contributed by atoms with Crippen molar-refractivity contribution >= 4 is 34.6 Å². The van der Waals surface area contributed by atoms with E-state index >= 15 is 0 Å². The topological polar surface area (TPSA) is 84.2 Å². The minimum atomic E-state index is -2.63. The molecule has 0 unspecified atom stereocenters. The molecule has 156 valence electrons. The van der Waals surface area contributed by atoms with Gasteiger partial charge in [-0.3, -0.25) is 14.6 Å². The molecule has 3 heterocycles. The van der Waals surface area contributed by atoms with Gasteiger partial charge in [-0.1, -0.05) is 12.1 Å². The van der Waals surface area contributed by atoms with E-state index in [9.17, 15) is 18.4 Å². The third-order valence-electron chi connectivity index (χ3n) is 4.81. The van der Waals surface area contributed by atoms with Crippen LogP contribution in [0.1, 0.15) is 10.5 Å². The van der Waals surface area contributed by atoms with Gasteiger partial charge in [-0.05, 0) is 23.9 Å². The van der Waals surface area contributed by atoms with Gasteiger partial charge in [0.25, 0.3) is 11.7 Å². The fraction of sp³-hybridized carbons (Fsp3) is 0.316. The fourth-order valence-corrected chi connectivity index (χ4v) is 3.94. The summed E-state index contributed by atoms with van der Waals surface area (Å²) < 4.78 is 27.4. The van der Waals surface area contributed by atoms with E-state index in [4.69, 9.17) is 0 Å². The summed E-state index contributed by atoms with van der Waals surface area (Å²) in [5.74, 6) is -3.07. The third-order valence-corrected chi connectivity index (χ3v) is 5.51. The lowest BCUT2D eigenvalue weighted by Gasteiger charge is -2.34. The highest BCUT2D eigenvalue weighted by Gasteiger charge is 2.27. The Kier molecular flexibility index (Phi) is 5.88. The molecule has 0 bridgehead atoms. The molecule has 0 N–H and O–H groups in total. The van der Waals surface area contributed by atoms with Crippen molar-refractivity contribution < 1.29 is 18.4 Å². The molecule has 8 nitrogen and oxygen atoms in total. The van der Waals surface area contributed by atoms with Crippen molar-refractivity contribution in [3.63, 3.8) is 0 Å². The van der Waals surface area contributed by atoms with E-state index in [-0.39, 0.29) is 29.2 Å². The highest BCUT2D eigenvalue weighted by Crippen LogP contribution is 2.28. The number of halogens is 2. The molecule has 0 saturated carbocycles. The van der Waals surface area contributed by atoms with Crippen LogP contribution in [0.2, 0.25) is 0 Å². The molecule has 1 aliphatic rings. The van der Waals surface area contributed by atoms with Gasteiger partial charge in [-0.2, -0.15) is 8.78 Å². The number of alkyl halides is 2. The number of thioether (sulfide) groups is 1. The van der Waals surface area contributed by atoms with Crippen LogP contribution in [0.4, 0.5) is 8.78 Å². The number of hydrogen-bond donors (Lipinski definition) is 0. The minimum Gasteiger partial charge on any atom is -0.338 e. The minimum absolute atomic E-state index is 0.0896. The molecule has 1 aromatic carbocycles. The number of para-hydroxylation sites is 2. The molecule has 11 heteroatoms. The lowest BCUT2D eigenvalue weighted by Crippen LogP contribution is -2.51. The molecule has 1 aliphatic heterocycles. The van der Waals surface area contributed by atoms with Crippen LogP contribution in [0.3, 0.4) is 0 Å². The number of hydrogen-bond acceptors (Lipinski definition) is 6. The molecule has 2 aromatic heterocycles. The Bertz CT molecular complexity index is 1050. The zero-order valence-electron chi connectivity index (χ0n) is 15.8. The van der Waals surface area contributed by atoms with Gasteiger partial charge in [0.2, 0.25) is 5.91 Å². The van der Waals surface area contributed by atoms with Gasteiger partial charge in [-0.25, -0.2) is 9.97 Å². The molecule has 0 spiro atoms. The van der Waals surface area contributed by atoms with E-state index in [2.05, 4.69) is 15.0 Å². The first kappa shape index (κ1) is 20.2. The number of aromatic nitrogens is 4. The number of fused-ring (bicyclic) bond motifs is 1. The molecule has 30 heavy (non-hydrogen) atoms. The number of nitrogens with zero attached hydrogens (tertiary/aromatic N) is 6. The van der Waals surface area contributed by atoms with Crippen molar-refractivity contribution in [1.82, 2.24) is 29.3 Å². The summed E-state index contributed by atoms with van der Waals surface area (Å²) in [6.07, 6.45) is 4.36. The maximum Gasteiger partial charge on any atom is 0.291 e. The zero-order valence-corrected chi connectivity index (χ0v) is 16.6. The first-order valence-corrected chi connectivity index (χ1v) is 10.1. The van der Waals surface area contributed by atoms with Crippen LogP contribution in [0.25, 0.3) is 11.0 Å². The number of carbonyl (C=O) groups excluding carboxylic acids is 2. The molecule has 4 rings (SSSR count). The Balaban J connectivity index is 1.44. The highest BCUT2D eigenvalue weighted by atomic mass is 32.2. The van der Waals surface area contributed by atoms with Crippen molar-refractivity contribution in [1.29, 1.82) is 0 Å². The predicted molar refractivity (Wildman–Crippen MR) is 106 cm³/mol. The number of piperazine rings is 1. The molecular weight excluding hydrogens is 414 g/mol. The van der Waals surface area contributed by atoms with E-state index in [0.717, 1.165) is 0 Å². The van der Waals surface area contributed by atoms with Gasteiger partial charge >= 0.3 is 0 Å². The first-order chi connectivity index (χ1) is 14.5. The monoisotopic (exact) mass is 432 g/mol. The lowest BCUT2D eigenvalue weighted by atomic mass is 10.2. The maximum atomic E-state index is 12.9. The smallest absolute Gasteiger partial charge is 0.291 e. The molecule has 0 atom stereocenters. The largest absolute Gasteiger partial charge is 0.338 e.